The van der Waals surface area contributed by atoms with Crippen molar-refractivity contribution in [3.8, 4) is 0 Å². The first-order chi connectivity index (χ1) is 7.11. The summed E-state index contributed by atoms with van der Waals surface area (Å²) in [5, 5.41) is 4.26. The zero-order chi connectivity index (χ0) is 11.4. The molecule has 0 aromatic rings. The summed E-state index contributed by atoms with van der Waals surface area (Å²) >= 11 is 0. The number of nitrogens with one attached hydrogen (secondary N) is 1. The second-order valence-electron chi connectivity index (χ2n) is 4.23. The number of hydrogen-bond donors (Lipinski definition) is 1. The van der Waals surface area contributed by atoms with Crippen molar-refractivity contribution in [1.82, 2.24) is 5.43 Å². The maximum absolute atomic E-state index is 4.26. The lowest BCUT2D eigenvalue weighted by molar-refractivity contribution is 0.527. The van der Waals surface area contributed by atoms with Gasteiger partial charge in [0.1, 0.15) is 0 Å². The predicted octanol–water partition coefficient (Wildman–Crippen LogP) is 3.62. The maximum atomic E-state index is 4.26. The van der Waals surface area contributed by atoms with Crippen LogP contribution in [0.5, 0.6) is 0 Å². The zero-order valence-electron chi connectivity index (χ0n) is 10.5. The molecule has 2 nitrogen and oxygen atoms in total. The van der Waals surface area contributed by atoms with Gasteiger partial charge in [0.05, 0.1) is 6.21 Å². The highest BCUT2D eigenvalue weighted by Gasteiger charge is 2.16. The SMILES string of the molecule is CCC(CC)C1=C(C)C(C)=C(C)C=NN1. The van der Waals surface area contributed by atoms with Gasteiger partial charge in [-0.1, -0.05) is 13.8 Å². The molecule has 0 saturated carbocycles. The van der Waals surface area contributed by atoms with Crippen LogP contribution >= 0.6 is 0 Å². The molecule has 1 aliphatic heterocycles. The molecule has 0 spiro atoms. The molecule has 15 heavy (non-hydrogen) atoms. The first kappa shape index (κ1) is 12.0. The second-order valence-corrected chi connectivity index (χ2v) is 4.23. The van der Waals surface area contributed by atoms with Crippen LogP contribution in [0, 0.1) is 5.92 Å². The fourth-order valence-corrected chi connectivity index (χ4v) is 1.97. The molecule has 0 fully saturated rings. The Kier molecular flexibility index (Phi) is 4.13. The molecule has 0 unspecified atom stereocenters. The Bertz CT molecular complexity index is 317. The fraction of sp³-hybridized carbons (Fsp3) is 0.615. The Morgan fingerprint density at radius 2 is 1.73 bits per heavy atom. The minimum absolute atomic E-state index is 0.600. The van der Waals surface area contributed by atoms with E-state index in [2.05, 4.69) is 45.1 Å². The van der Waals surface area contributed by atoms with Gasteiger partial charge in [0.25, 0.3) is 0 Å². The van der Waals surface area contributed by atoms with Crippen LogP contribution in [0.3, 0.4) is 0 Å². The van der Waals surface area contributed by atoms with E-state index < -0.39 is 0 Å². The minimum Gasteiger partial charge on any atom is -0.282 e. The molecule has 0 aromatic heterocycles. The van der Waals surface area contributed by atoms with Crippen LogP contribution in [0.4, 0.5) is 0 Å². The lowest BCUT2D eigenvalue weighted by Gasteiger charge is -2.19. The van der Waals surface area contributed by atoms with E-state index in [1.807, 2.05) is 6.21 Å². The van der Waals surface area contributed by atoms with E-state index in [-0.39, 0.29) is 0 Å². The molecule has 1 N–H and O–H groups in total. The topological polar surface area (TPSA) is 24.4 Å². The van der Waals surface area contributed by atoms with Crippen molar-refractivity contribution >= 4 is 6.21 Å². The Morgan fingerprint density at radius 3 is 2.27 bits per heavy atom. The van der Waals surface area contributed by atoms with Gasteiger partial charge >= 0.3 is 0 Å². The van der Waals surface area contributed by atoms with Crippen molar-refractivity contribution in [3.63, 3.8) is 0 Å². The van der Waals surface area contributed by atoms with E-state index in [0.29, 0.717) is 5.92 Å². The highest BCUT2D eigenvalue weighted by molar-refractivity contribution is 5.80. The molecule has 0 radical (unpaired) electrons. The number of hydrazone groups is 1. The van der Waals surface area contributed by atoms with Gasteiger partial charge < -0.3 is 0 Å². The van der Waals surface area contributed by atoms with Crippen molar-refractivity contribution in [2.24, 2.45) is 11.0 Å². The first-order valence-electron chi connectivity index (χ1n) is 5.79. The van der Waals surface area contributed by atoms with Gasteiger partial charge in [0, 0.05) is 11.6 Å². The van der Waals surface area contributed by atoms with Crippen LogP contribution in [-0.4, -0.2) is 6.21 Å². The van der Waals surface area contributed by atoms with E-state index in [1.54, 1.807) is 0 Å². The Labute approximate surface area is 93.1 Å². The molecular formula is C13H22N2. The van der Waals surface area contributed by atoms with Crippen LogP contribution in [0.2, 0.25) is 0 Å². The lowest BCUT2D eigenvalue weighted by Crippen LogP contribution is -2.16. The number of hydrogen-bond acceptors (Lipinski definition) is 2. The maximum Gasteiger partial charge on any atom is 0.0504 e. The van der Waals surface area contributed by atoms with E-state index in [9.17, 15) is 0 Å². The van der Waals surface area contributed by atoms with E-state index in [4.69, 9.17) is 0 Å². The van der Waals surface area contributed by atoms with Crippen molar-refractivity contribution in [2.75, 3.05) is 0 Å². The van der Waals surface area contributed by atoms with Gasteiger partial charge in [-0.15, -0.1) is 0 Å². The van der Waals surface area contributed by atoms with E-state index in [0.717, 1.165) is 12.8 Å². The third-order valence-electron chi connectivity index (χ3n) is 3.40. The third kappa shape index (κ3) is 2.49. The number of rotatable bonds is 3. The fourth-order valence-electron chi connectivity index (χ4n) is 1.97. The molecule has 0 atom stereocenters. The molecule has 2 heteroatoms. The molecule has 0 saturated heterocycles. The molecule has 0 aromatic carbocycles. The molecule has 0 aliphatic carbocycles. The normalized spacial score (nSPS) is 17.2. The van der Waals surface area contributed by atoms with Crippen LogP contribution in [-0.2, 0) is 0 Å². The summed E-state index contributed by atoms with van der Waals surface area (Å²) < 4.78 is 0. The van der Waals surface area contributed by atoms with Gasteiger partial charge in [-0.3, -0.25) is 5.43 Å². The monoisotopic (exact) mass is 206 g/mol. The van der Waals surface area contributed by atoms with Gasteiger partial charge in [-0.25, -0.2) is 0 Å². The number of allylic oxidation sites excluding steroid dienone is 4. The summed E-state index contributed by atoms with van der Waals surface area (Å²) in [5.41, 5.74) is 8.46. The highest BCUT2D eigenvalue weighted by atomic mass is 15.3. The molecule has 84 valence electrons. The van der Waals surface area contributed by atoms with Gasteiger partial charge in [-0.05, 0) is 50.3 Å². The van der Waals surface area contributed by atoms with Crippen LogP contribution in [0.1, 0.15) is 47.5 Å². The summed E-state index contributed by atoms with van der Waals surface area (Å²) in [6, 6.07) is 0. The summed E-state index contributed by atoms with van der Waals surface area (Å²) in [6.07, 6.45) is 4.24. The molecule has 1 aliphatic rings. The highest BCUT2D eigenvalue weighted by Crippen LogP contribution is 2.26. The lowest BCUT2D eigenvalue weighted by atomic mass is 9.92. The van der Waals surface area contributed by atoms with Crippen LogP contribution in [0.25, 0.3) is 0 Å². The van der Waals surface area contributed by atoms with E-state index >= 15 is 0 Å². The largest absolute Gasteiger partial charge is 0.282 e. The molecule has 0 bridgehead atoms. The van der Waals surface area contributed by atoms with Crippen LogP contribution in [0.15, 0.2) is 27.5 Å². The Hall–Kier alpha value is -1.05. The summed E-state index contributed by atoms with van der Waals surface area (Å²) in [5.74, 6) is 0.600. The Morgan fingerprint density at radius 1 is 1.13 bits per heavy atom. The van der Waals surface area contributed by atoms with Crippen molar-refractivity contribution in [2.45, 2.75) is 47.5 Å². The van der Waals surface area contributed by atoms with Gasteiger partial charge in [-0.2, -0.15) is 5.10 Å². The van der Waals surface area contributed by atoms with Gasteiger partial charge in [0.15, 0.2) is 0 Å². The smallest absolute Gasteiger partial charge is 0.0504 e. The number of nitrogens with zero attached hydrogens (tertiary/aromatic N) is 1. The predicted molar refractivity (Wildman–Crippen MR) is 66.8 cm³/mol. The zero-order valence-corrected chi connectivity index (χ0v) is 10.5. The molecule has 1 rings (SSSR count). The first-order valence-corrected chi connectivity index (χ1v) is 5.79. The van der Waals surface area contributed by atoms with E-state index in [1.165, 1.54) is 22.4 Å². The third-order valence-corrected chi connectivity index (χ3v) is 3.40. The summed E-state index contributed by atoms with van der Waals surface area (Å²) in [6.45, 7) is 10.9. The van der Waals surface area contributed by atoms with Crippen molar-refractivity contribution < 1.29 is 0 Å². The summed E-state index contributed by atoms with van der Waals surface area (Å²) in [4.78, 5) is 0. The molecule has 1 heterocycles. The molecular weight excluding hydrogens is 184 g/mol. The van der Waals surface area contributed by atoms with Crippen molar-refractivity contribution in [1.29, 1.82) is 0 Å². The quantitative estimate of drug-likeness (QED) is 0.749. The van der Waals surface area contributed by atoms with Gasteiger partial charge in [0.2, 0.25) is 0 Å². The second kappa shape index (κ2) is 5.15. The molecule has 0 amide bonds. The average Bonchev–Trinajstić information content (AvgIpc) is 2.36. The average molecular weight is 206 g/mol. The minimum atomic E-state index is 0.600. The summed E-state index contributed by atoms with van der Waals surface area (Å²) in [7, 11) is 0. The van der Waals surface area contributed by atoms with Crippen molar-refractivity contribution in [3.05, 3.63) is 22.4 Å². The van der Waals surface area contributed by atoms with Crippen LogP contribution < -0.4 is 5.43 Å². The Balaban J connectivity index is 3.12. The standard InChI is InChI=1S/C13H22N2/c1-6-12(7-2)13-11(5)10(4)9(3)8-14-15-13/h8,12,15H,6-7H2,1-5H3.